The third-order valence-corrected chi connectivity index (χ3v) is 6.09. The van der Waals surface area contributed by atoms with Crippen LogP contribution in [0.1, 0.15) is 16.7 Å². The van der Waals surface area contributed by atoms with Crippen molar-refractivity contribution in [2.45, 2.75) is 30.4 Å². The molecular formula is C24H27N3O5S. The molecule has 3 aromatic rings. The largest absolute Gasteiger partial charge is 0.481 e. The number of thioether (sulfide) groups is 1. The number of benzene rings is 2. The number of nitrogens with one attached hydrogen (secondary N) is 1. The van der Waals surface area contributed by atoms with Gasteiger partial charge in [-0.05, 0) is 29.2 Å². The minimum Gasteiger partial charge on any atom is -0.481 e. The second kappa shape index (κ2) is 11.6. The molecule has 0 aliphatic heterocycles. The van der Waals surface area contributed by atoms with Crippen molar-refractivity contribution >= 4 is 17.7 Å². The first-order valence-corrected chi connectivity index (χ1v) is 11.3. The molecule has 0 spiro atoms. The van der Waals surface area contributed by atoms with E-state index in [1.165, 1.54) is 48.2 Å². The topological polar surface area (TPSA) is 114 Å². The van der Waals surface area contributed by atoms with Gasteiger partial charge in [-0.3, -0.25) is 10.1 Å². The van der Waals surface area contributed by atoms with Gasteiger partial charge in [0, 0.05) is 12.3 Å². The number of nitrogens with zero attached hydrogens (tertiary/aromatic N) is 2. The number of aliphatic hydroxyl groups excluding tert-OH is 1. The zero-order valence-electron chi connectivity index (χ0n) is 18.7. The number of carbonyl (C=O) groups is 1. The maximum atomic E-state index is 11.2. The molecule has 1 heterocycles. The van der Waals surface area contributed by atoms with E-state index < -0.39 is 18.6 Å². The van der Waals surface area contributed by atoms with Crippen molar-refractivity contribution in [2.75, 3.05) is 20.8 Å². The SMILES string of the molecule is COc1nc(SCc2cccc(-c3ccccc3)c2C)nc(OC)c1CN[C@@H](CO)C(=O)O. The van der Waals surface area contributed by atoms with Crippen molar-refractivity contribution in [3.8, 4) is 22.9 Å². The first-order valence-electron chi connectivity index (χ1n) is 10.3. The fourth-order valence-corrected chi connectivity index (χ4v) is 4.24. The van der Waals surface area contributed by atoms with Crippen molar-refractivity contribution in [1.29, 1.82) is 0 Å². The lowest BCUT2D eigenvalue weighted by Gasteiger charge is -2.16. The van der Waals surface area contributed by atoms with E-state index in [0.29, 0.717) is 16.5 Å². The van der Waals surface area contributed by atoms with Crippen LogP contribution in [0.4, 0.5) is 0 Å². The highest BCUT2D eigenvalue weighted by atomic mass is 32.2. The molecule has 0 fully saturated rings. The second-order valence-electron chi connectivity index (χ2n) is 7.20. The highest BCUT2D eigenvalue weighted by Crippen LogP contribution is 2.32. The van der Waals surface area contributed by atoms with E-state index in [0.717, 1.165) is 0 Å². The van der Waals surface area contributed by atoms with Gasteiger partial charge in [-0.15, -0.1) is 0 Å². The van der Waals surface area contributed by atoms with Gasteiger partial charge in [0.15, 0.2) is 5.16 Å². The van der Waals surface area contributed by atoms with E-state index in [4.69, 9.17) is 14.6 Å². The molecule has 0 aliphatic rings. The average molecular weight is 470 g/mol. The standard InChI is InChI=1S/C24H27N3O5S/c1-15-17(10-7-11-18(15)16-8-5-4-6-9-16)14-33-24-26-21(31-2)19(22(27-24)32-3)12-25-20(13-28)23(29)30/h4-11,20,25,28H,12-14H2,1-3H3,(H,29,30)/t20-/m0/s1. The molecule has 2 aromatic carbocycles. The Morgan fingerprint density at radius 2 is 1.73 bits per heavy atom. The van der Waals surface area contributed by atoms with E-state index in [2.05, 4.69) is 46.5 Å². The van der Waals surface area contributed by atoms with E-state index in [1.54, 1.807) is 0 Å². The monoisotopic (exact) mass is 469 g/mol. The summed E-state index contributed by atoms with van der Waals surface area (Å²) in [6.07, 6.45) is 0. The summed E-state index contributed by atoms with van der Waals surface area (Å²) < 4.78 is 10.8. The van der Waals surface area contributed by atoms with Gasteiger partial charge >= 0.3 is 5.97 Å². The third kappa shape index (κ3) is 6.01. The van der Waals surface area contributed by atoms with Crippen LogP contribution in [-0.2, 0) is 17.1 Å². The Balaban J connectivity index is 1.80. The molecule has 0 aliphatic carbocycles. The average Bonchev–Trinajstić information content (AvgIpc) is 2.84. The summed E-state index contributed by atoms with van der Waals surface area (Å²) in [5, 5.41) is 21.6. The van der Waals surface area contributed by atoms with Crippen LogP contribution >= 0.6 is 11.8 Å². The van der Waals surface area contributed by atoms with Crippen LogP contribution in [0.2, 0.25) is 0 Å². The highest BCUT2D eigenvalue weighted by Gasteiger charge is 2.21. The predicted octanol–water partition coefficient (Wildman–Crippen LogP) is 3.30. The highest BCUT2D eigenvalue weighted by molar-refractivity contribution is 7.98. The minimum absolute atomic E-state index is 0.0625. The molecule has 0 radical (unpaired) electrons. The van der Waals surface area contributed by atoms with Gasteiger partial charge in [-0.25, -0.2) is 0 Å². The zero-order chi connectivity index (χ0) is 23.8. The molecular weight excluding hydrogens is 442 g/mol. The number of hydrogen-bond donors (Lipinski definition) is 3. The first-order chi connectivity index (χ1) is 16.0. The van der Waals surface area contributed by atoms with Crippen LogP contribution < -0.4 is 14.8 Å². The van der Waals surface area contributed by atoms with Crippen LogP contribution in [-0.4, -0.2) is 53.0 Å². The van der Waals surface area contributed by atoms with E-state index >= 15 is 0 Å². The van der Waals surface area contributed by atoms with Gasteiger partial charge in [0.05, 0.1) is 26.4 Å². The Kier molecular flexibility index (Phi) is 8.65. The molecule has 0 bridgehead atoms. The maximum Gasteiger partial charge on any atom is 0.323 e. The van der Waals surface area contributed by atoms with Gasteiger partial charge in [-0.2, -0.15) is 9.97 Å². The summed E-state index contributed by atoms with van der Waals surface area (Å²) in [7, 11) is 2.96. The summed E-state index contributed by atoms with van der Waals surface area (Å²) in [6, 6.07) is 15.4. The fraction of sp³-hybridized carbons (Fsp3) is 0.292. The van der Waals surface area contributed by atoms with Crippen molar-refractivity contribution < 1.29 is 24.5 Å². The first kappa shape index (κ1) is 24.5. The molecule has 0 saturated carbocycles. The maximum absolute atomic E-state index is 11.2. The number of rotatable bonds is 11. The summed E-state index contributed by atoms with van der Waals surface area (Å²) in [6.45, 7) is 1.62. The number of aliphatic hydroxyl groups is 1. The van der Waals surface area contributed by atoms with Gasteiger partial charge in [0.1, 0.15) is 6.04 Å². The number of methoxy groups -OCH3 is 2. The normalized spacial score (nSPS) is 11.8. The summed E-state index contributed by atoms with van der Waals surface area (Å²) in [5.74, 6) is 0.0705. The molecule has 0 saturated heterocycles. The zero-order valence-corrected chi connectivity index (χ0v) is 19.6. The Labute approximate surface area is 197 Å². The van der Waals surface area contributed by atoms with Gasteiger partial charge in [0.2, 0.25) is 11.8 Å². The Bertz CT molecular complexity index is 1070. The van der Waals surface area contributed by atoms with Crippen molar-refractivity contribution in [1.82, 2.24) is 15.3 Å². The van der Waals surface area contributed by atoms with Crippen LogP contribution in [0, 0.1) is 6.92 Å². The molecule has 33 heavy (non-hydrogen) atoms. The molecule has 9 heteroatoms. The van der Waals surface area contributed by atoms with Gasteiger partial charge < -0.3 is 19.7 Å². The minimum atomic E-state index is -1.16. The Morgan fingerprint density at radius 1 is 1.06 bits per heavy atom. The number of aromatic nitrogens is 2. The Morgan fingerprint density at radius 3 is 2.30 bits per heavy atom. The molecule has 1 atom stereocenters. The third-order valence-electron chi connectivity index (χ3n) is 5.19. The molecule has 8 nitrogen and oxygen atoms in total. The van der Waals surface area contributed by atoms with Crippen molar-refractivity contribution in [2.24, 2.45) is 0 Å². The quantitative estimate of drug-likeness (QED) is 0.287. The number of aliphatic carboxylic acids is 1. The number of ether oxygens (including phenoxy) is 2. The molecule has 0 unspecified atom stereocenters. The lowest BCUT2D eigenvalue weighted by molar-refractivity contribution is -0.140. The van der Waals surface area contributed by atoms with Gasteiger partial charge in [0.25, 0.3) is 0 Å². The van der Waals surface area contributed by atoms with E-state index in [-0.39, 0.29) is 18.3 Å². The lowest BCUT2D eigenvalue weighted by atomic mass is 9.97. The lowest BCUT2D eigenvalue weighted by Crippen LogP contribution is -2.39. The summed E-state index contributed by atoms with van der Waals surface area (Å²) in [5.41, 5.74) is 5.19. The molecule has 3 N–H and O–H groups in total. The van der Waals surface area contributed by atoms with Crippen LogP contribution in [0.15, 0.2) is 53.7 Å². The molecule has 3 rings (SSSR count). The smallest absolute Gasteiger partial charge is 0.323 e. The molecule has 0 amide bonds. The van der Waals surface area contributed by atoms with E-state index in [1.807, 2.05) is 24.3 Å². The number of hydrogen-bond acceptors (Lipinski definition) is 8. The number of carboxylic acid groups (broad SMARTS) is 1. The number of carboxylic acids is 1. The van der Waals surface area contributed by atoms with Crippen LogP contribution in [0.5, 0.6) is 11.8 Å². The summed E-state index contributed by atoms with van der Waals surface area (Å²) in [4.78, 5) is 20.1. The molecule has 174 valence electrons. The van der Waals surface area contributed by atoms with Crippen LogP contribution in [0.3, 0.4) is 0 Å². The predicted molar refractivity (Wildman–Crippen MR) is 127 cm³/mol. The fourth-order valence-electron chi connectivity index (χ4n) is 3.35. The van der Waals surface area contributed by atoms with Crippen molar-refractivity contribution in [3.63, 3.8) is 0 Å². The van der Waals surface area contributed by atoms with Crippen molar-refractivity contribution in [3.05, 3.63) is 65.2 Å². The van der Waals surface area contributed by atoms with E-state index in [9.17, 15) is 9.90 Å². The van der Waals surface area contributed by atoms with Crippen LogP contribution in [0.25, 0.3) is 11.1 Å². The summed E-state index contributed by atoms with van der Waals surface area (Å²) >= 11 is 1.46. The second-order valence-corrected chi connectivity index (χ2v) is 8.14. The van der Waals surface area contributed by atoms with Gasteiger partial charge in [-0.1, -0.05) is 60.3 Å². The Hall–Kier alpha value is -3.14. The molecule has 1 aromatic heterocycles.